The van der Waals surface area contributed by atoms with E-state index in [0.29, 0.717) is 24.0 Å². The van der Waals surface area contributed by atoms with Gasteiger partial charge >= 0.3 is 6.18 Å². The van der Waals surface area contributed by atoms with Crippen LogP contribution in [0.5, 0.6) is 5.75 Å². The van der Waals surface area contributed by atoms with Crippen molar-refractivity contribution in [1.29, 1.82) is 0 Å². The van der Waals surface area contributed by atoms with Crippen molar-refractivity contribution in [1.82, 2.24) is 10.2 Å². The molecule has 2 amide bonds. The number of carbonyl (C=O) groups excluding carboxylic acids is 2. The van der Waals surface area contributed by atoms with Gasteiger partial charge in [-0.05, 0) is 37.6 Å². The van der Waals surface area contributed by atoms with Gasteiger partial charge in [-0.1, -0.05) is 6.92 Å². The number of aromatic hydroxyl groups is 1. The summed E-state index contributed by atoms with van der Waals surface area (Å²) in [6.45, 7) is 3.46. The van der Waals surface area contributed by atoms with Gasteiger partial charge in [0.05, 0.1) is 22.9 Å². The number of amides is 2. The Hall–Kier alpha value is -4.01. The third kappa shape index (κ3) is 5.40. The highest BCUT2D eigenvalue weighted by Gasteiger charge is 2.40. The number of aryl methyl sites for hydroxylation is 1. The summed E-state index contributed by atoms with van der Waals surface area (Å²) >= 11 is 0. The summed E-state index contributed by atoms with van der Waals surface area (Å²) in [5, 5.41) is 16.0. The lowest BCUT2D eigenvalue weighted by molar-refractivity contribution is -0.138. The van der Waals surface area contributed by atoms with Crippen LogP contribution in [0.25, 0.3) is 0 Å². The smallest absolute Gasteiger partial charge is 0.417 e. The molecule has 11 nitrogen and oxygen atoms in total. The van der Waals surface area contributed by atoms with E-state index in [0.717, 1.165) is 11.0 Å². The maximum Gasteiger partial charge on any atom is 0.417 e. The van der Waals surface area contributed by atoms with Gasteiger partial charge in [0.15, 0.2) is 16.5 Å². The molecular formula is C22H24F3N5O6S. The molecule has 1 aliphatic rings. The topological polar surface area (TPSA) is 167 Å². The number of halogens is 3. The first kappa shape index (κ1) is 27.6. The van der Waals surface area contributed by atoms with Crippen molar-refractivity contribution in [3.63, 3.8) is 0 Å². The van der Waals surface area contributed by atoms with E-state index in [1.807, 2.05) is 0 Å². The lowest BCUT2D eigenvalue weighted by Crippen LogP contribution is -2.32. The zero-order valence-corrected chi connectivity index (χ0v) is 20.9. The molecule has 15 heteroatoms. The molecule has 5 N–H and O–H groups in total. The third-order valence-electron chi connectivity index (χ3n) is 5.34. The SMILES string of the molecule is CC[C@@H](NC1=NS(=O)(=O)C(C(N)=O)=C1Nc1ccc(C(F)(F)F)c(C(=O)N(C)C)c1O)c1ccc(C)o1. The van der Waals surface area contributed by atoms with Crippen molar-refractivity contribution in [2.75, 3.05) is 19.4 Å². The second kappa shape index (κ2) is 9.80. The molecule has 0 unspecified atom stereocenters. The number of amidine groups is 1. The molecule has 0 radical (unpaired) electrons. The monoisotopic (exact) mass is 543 g/mol. The standard InChI is InChI=1S/C22H24F3N5O6S/c1-5-12(14-9-6-10(2)36-14)28-20-16(18(19(26)32)37(34,35)29-20)27-13-8-7-11(22(23,24)25)15(17(13)31)21(33)30(3)4/h6-9,12,27,31H,5H2,1-4H3,(H2,26,32)(H,28,29)/t12-/m1/s1. The predicted molar refractivity (Wildman–Crippen MR) is 127 cm³/mol. The fraction of sp³-hybridized carbons (Fsp3) is 0.318. The second-order valence-electron chi connectivity index (χ2n) is 8.24. The fourth-order valence-corrected chi connectivity index (χ4v) is 4.73. The highest BCUT2D eigenvalue weighted by Crippen LogP contribution is 2.41. The highest BCUT2D eigenvalue weighted by atomic mass is 32.2. The zero-order valence-electron chi connectivity index (χ0n) is 20.1. The van der Waals surface area contributed by atoms with Gasteiger partial charge in [0.2, 0.25) is 0 Å². The number of carbonyl (C=O) groups is 2. The number of nitrogens with zero attached hydrogens (tertiary/aromatic N) is 2. The van der Waals surface area contributed by atoms with Crippen LogP contribution in [0.2, 0.25) is 0 Å². The lowest BCUT2D eigenvalue weighted by atomic mass is 10.0. The summed E-state index contributed by atoms with van der Waals surface area (Å²) < 4.78 is 75.1. The molecule has 1 aromatic heterocycles. The maximum absolute atomic E-state index is 13.6. The van der Waals surface area contributed by atoms with Gasteiger partial charge < -0.3 is 30.8 Å². The Kier molecular flexibility index (Phi) is 7.30. The van der Waals surface area contributed by atoms with Gasteiger partial charge in [-0.3, -0.25) is 9.59 Å². The Morgan fingerprint density at radius 3 is 2.35 bits per heavy atom. The number of hydrogen-bond acceptors (Lipinski definition) is 8. The van der Waals surface area contributed by atoms with Crippen LogP contribution in [0, 0.1) is 6.92 Å². The van der Waals surface area contributed by atoms with E-state index >= 15 is 0 Å². The van der Waals surface area contributed by atoms with Gasteiger partial charge in [-0.25, -0.2) is 0 Å². The molecule has 0 fully saturated rings. The zero-order chi connectivity index (χ0) is 27.9. The number of nitrogens with two attached hydrogens (primary N) is 1. The number of phenolic OH excluding ortho intramolecular Hbond substituents is 1. The maximum atomic E-state index is 13.6. The normalized spacial score (nSPS) is 15.8. The van der Waals surface area contributed by atoms with E-state index in [-0.39, 0.29) is 0 Å². The average molecular weight is 544 g/mol. The summed E-state index contributed by atoms with van der Waals surface area (Å²) in [7, 11) is -2.24. The van der Waals surface area contributed by atoms with Crippen molar-refractivity contribution in [2.24, 2.45) is 10.1 Å². The van der Waals surface area contributed by atoms with Gasteiger partial charge in [0.1, 0.15) is 17.2 Å². The van der Waals surface area contributed by atoms with E-state index in [4.69, 9.17) is 10.2 Å². The molecule has 1 atom stereocenters. The van der Waals surface area contributed by atoms with Crippen LogP contribution in [0.15, 0.2) is 43.7 Å². The molecule has 37 heavy (non-hydrogen) atoms. The van der Waals surface area contributed by atoms with Gasteiger partial charge in [0, 0.05) is 14.1 Å². The molecule has 3 rings (SSSR count). The molecule has 0 saturated heterocycles. The Balaban J connectivity index is 2.15. The van der Waals surface area contributed by atoms with Crippen LogP contribution in [0.3, 0.4) is 0 Å². The van der Waals surface area contributed by atoms with Crippen LogP contribution >= 0.6 is 0 Å². The minimum atomic E-state index is -4.99. The van der Waals surface area contributed by atoms with Crippen LogP contribution < -0.4 is 16.4 Å². The quantitative estimate of drug-likeness (QED) is 0.387. The number of rotatable bonds is 7. The van der Waals surface area contributed by atoms with E-state index in [1.54, 1.807) is 26.0 Å². The molecule has 0 spiro atoms. The molecule has 1 aliphatic heterocycles. The summed E-state index contributed by atoms with van der Waals surface area (Å²) in [5.41, 5.74) is 1.78. The number of hydrogen-bond donors (Lipinski definition) is 4. The number of nitrogens with one attached hydrogen (secondary N) is 2. The first-order valence-electron chi connectivity index (χ1n) is 10.7. The summed E-state index contributed by atoms with van der Waals surface area (Å²) in [5.74, 6) is -3.08. The summed E-state index contributed by atoms with van der Waals surface area (Å²) in [6.07, 6.45) is -4.62. The molecule has 0 bridgehead atoms. The molecule has 200 valence electrons. The lowest BCUT2D eigenvalue weighted by Gasteiger charge is -2.21. The summed E-state index contributed by atoms with van der Waals surface area (Å²) in [4.78, 5) is 24.4. The molecule has 0 saturated carbocycles. The molecule has 2 heterocycles. The van der Waals surface area contributed by atoms with Crippen molar-refractivity contribution in [2.45, 2.75) is 32.5 Å². The second-order valence-corrected chi connectivity index (χ2v) is 9.78. The number of alkyl halides is 3. The van der Waals surface area contributed by atoms with Crippen molar-refractivity contribution >= 4 is 33.4 Å². The number of furan rings is 1. The Morgan fingerprint density at radius 1 is 1.22 bits per heavy atom. The Morgan fingerprint density at radius 2 is 1.86 bits per heavy atom. The van der Waals surface area contributed by atoms with E-state index in [1.165, 1.54) is 14.1 Å². The van der Waals surface area contributed by atoms with Crippen LogP contribution in [-0.4, -0.2) is 50.2 Å². The third-order valence-corrected chi connectivity index (χ3v) is 6.69. The van der Waals surface area contributed by atoms with Gasteiger partial charge in [-0.15, -0.1) is 4.40 Å². The van der Waals surface area contributed by atoms with Crippen LogP contribution in [0.1, 0.15) is 46.8 Å². The molecular weight excluding hydrogens is 519 g/mol. The Bertz CT molecular complexity index is 1430. The number of benzene rings is 1. The van der Waals surface area contributed by atoms with Gasteiger partial charge in [0.25, 0.3) is 21.8 Å². The molecule has 2 aromatic rings. The largest absolute Gasteiger partial charge is 0.505 e. The Labute approximate surface area is 209 Å². The van der Waals surface area contributed by atoms with E-state index in [2.05, 4.69) is 15.0 Å². The van der Waals surface area contributed by atoms with Crippen molar-refractivity contribution < 1.29 is 40.7 Å². The van der Waals surface area contributed by atoms with Crippen molar-refractivity contribution in [3.8, 4) is 5.75 Å². The minimum Gasteiger partial charge on any atom is -0.505 e. The predicted octanol–water partition coefficient (Wildman–Crippen LogP) is 2.61. The fourth-order valence-electron chi connectivity index (χ4n) is 3.60. The first-order valence-corrected chi connectivity index (χ1v) is 12.2. The first-order chi connectivity index (χ1) is 17.1. The van der Waals surface area contributed by atoms with Gasteiger partial charge in [-0.2, -0.15) is 21.6 Å². The number of sulfonamides is 1. The molecule has 1 aromatic carbocycles. The van der Waals surface area contributed by atoms with Crippen LogP contribution in [-0.2, 0) is 21.0 Å². The molecule has 0 aliphatic carbocycles. The van der Waals surface area contributed by atoms with E-state index < -0.39 is 73.1 Å². The average Bonchev–Trinajstić information content (AvgIpc) is 3.31. The minimum absolute atomic E-state index is 0.373. The van der Waals surface area contributed by atoms with Crippen molar-refractivity contribution in [3.05, 3.63) is 57.5 Å². The highest BCUT2D eigenvalue weighted by molar-refractivity contribution is 7.95. The summed E-state index contributed by atoms with van der Waals surface area (Å²) in [6, 6.07) is 4.02. The number of phenols is 1. The number of anilines is 1. The van der Waals surface area contributed by atoms with E-state index in [9.17, 15) is 36.3 Å². The van der Waals surface area contributed by atoms with Crippen LogP contribution in [0.4, 0.5) is 18.9 Å². The number of primary amides is 1.